The molecule has 0 aliphatic heterocycles. The van der Waals surface area contributed by atoms with E-state index < -0.39 is 5.91 Å². The molecule has 0 fully saturated rings. The Morgan fingerprint density at radius 1 is 1.03 bits per heavy atom. The summed E-state index contributed by atoms with van der Waals surface area (Å²) in [6.45, 7) is 3.20. The van der Waals surface area contributed by atoms with E-state index in [-0.39, 0.29) is 18.0 Å². The van der Waals surface area contributed by atoms with Gasteiger partial charge in [-0.25, -0.2) is 4.68 Å². The number of benzene rings is 2. The zero-order chi connectivity index (χ0) is 22.4. The highest BCUT2D eigenvalue weighted by Crippen LogP contribution is 2.28. The Bertz CT molecular complexity index is 1150. The second-order valence-electron chi connectivity index (χ2n) is 6.91. The number of aryl methyl sites for hydroxylation is 1. The van der Waals surface area contributed by atoms with Gasteiger partial charge in [0.2, 0.25) is 11.8 Å². The molecule has 0 saturated carbocycles. The maximum absolute atomic E-state index is 12.6. The van der Waals surface area contributed by atoms with Crippen LogP contribution in [0.4, 0.5) is 11.4 Å². The molecule has 3 rings (SSSR count). The number of nitrogens with one attached hydrogen (secondary N) is 2. The summed E-state index contributed by atoms with van der Waals surface area (Å²) in [6.07, 6.45) is 0.931. The van der Waals surface area contributed by atoms with E-state index in [0.717, 1.165) is 16.7 Å². The van der Waals surface area contributed by atoms with E-state index in [0.29, 0.717) is 22.8 Å². The molecular weight excluding hydrogens is 396 g/mol. The largest absolute Gasteiger partial charge is 0.495 e. The number of hydrogen-bond acceptors (Lipinski definition) is 5. The van der Waals surface area contributed by atoms with Gasteiger partial charge < -0.3 is 15.4 Å². The molecule has 0 aliphatic rings. The van der Waals surface area contributed by atoms with Gasteiger partial charge in [-0.15, -0.1) is 0 Å². The molecule has 8 nitrogen and oxygen atoms in total. The van der Waals surface area contributed by atoms with Crippen LogP contribution in [0.1, 0.15) is 19.4 Å². The molecule has 2 amide bonds. The van der Waals surface area contributed by atoms with Crippen LogP contribution in [-0.2, 0) is 22.6 Å². The maximum Gasteiger partial charge on any atom is 0.267 e. The highest BCUT2D eigenvalue weighted by Gasteiger charge is 2.12. The van der Waals surface area contributed by atoms with Crippen LogP contribution in [0.2, 0.25) is 0 Å². The van der Waals surface area contributed by atoms with Gasteiger partial charge >= 0.3 is 0 Å². The predicted molar refractivity (Wildman–Crippen MR) is 119 cm³/mol. The average Bonchev–Trinajstić information content (AvgIpc) is 2.75. The topological polar surface area (TPSA) is 102 Å². The molecule has 0 bridgehead atoms. The first kappa shape index (κ1) is 21.8. The molecule has 0 atom stereocenters. The number of rotatable bonds is 7. The van der Waals surface area contributed by atoms with Crippen molar-refractivity contribution < 1.29 is 14.3 Å². The molecule has 2 N–H and O–H groups in total. The summed E-state index contributed by atoms with van der Waals surface area (Å²) in [5, 5.41) is 9.69. The number of anilines is 2. The molecule has 0 radical (unpaired) electrons. The van der Waals surface area contributed by atoms with E-state index in [1.165, 1.54) is 25.7 Å². The van der Waals surface area contributed by atoms with Crippen LogP contribution >= 0.6 is 0 Å². The third-order valence-corrected chi connectivity index (χ3v) is 4.61. The lowest BCUT2D eigenvalue weighted by Gasteiger charge is -2.13. The van der Waals surface area contributed by atoms with Crippen LogP contribution in [0.5, 0.6) is 5.75 Å². The highest BCUT2D eigenvalue weighted by molar-refractivity contribution is 5.94. The van der Waals surface area contributed by atoms with Gasteiger partial charge in [0.25, 0.3) is 5.56 Å². The predicted octanol–water partition coefficient (Wildman–Crippen LogP) is 3.08. The summed E-state index contributed by atoms with van der Waals surface area (Å²) < 4.78 is 6.38. The molecule has 1 aromatic heterocycles. The van der Waals surface area contributed by atoms with E-state index in [9.17, 15) is 14.4 Å². The molecule has 0 saturated heterocycles. The molecule has 2 aromatic carbocycles. The van der Waals surface area contributed by atoms with Crippen molar-refractivity contribution in [1.29, 1.82) is 0 Å². The number of carbonyl (C=O) groups excluding carboxylic acids is 2. The summed E-state index contributed by atoms with van der Waals surface area (Å²) in [4.78, 5) is 36.1. The fourth-order valence-corrected chi connectivity index (χ4v) is 3.04. The number of nitrogens with zero attached hydrogens (tertiary/aromatic N) is 2. The normalized spacial score (nSPS) is 10.4. The van der Waals surface area contributed by atoms with Crippen LogP contribution in [0.25, 0.3) is 11.3 Å². The minimum atomic E-state index is -0.452. The summed E-state index contributed by atoms with van der Waals surface area (Å²) in [7, 11) is 1.47. The monoisotopic (exact) mass is 420 g/mol. The van der Waals surface area contributed by atoms with Gasteiger partial charge in [0.05, 0.1) is 18.5 Å². The Morgan fingerprint density at radius 3 is 2.42 bits per heavy atom. The van der Waals surface area contributed by atoms with E-state index in [1.807, 2.05) is 24.3 Å². The molecule has 0 spiro atoms. The third kappa shape index (κ3) is 5.57. The van der Waals surface area contributed by atoms with Crippen LogP contribution in [0.3, 0.4) is 0 Å². The van der Waals surface area contributed by atoms with Crippen molar-refractivity contribution in [2.75, 3.05) is 17.7 Å². The third-order valence-electron chi connectivity index (χ3n) is 4.61. The minimum absolute atomic E-state index is 0.234. The van der Waals surface area contributed by atoms with Crippen molar-refractivity contribution in [2.45, 2.75) is 26.8 Å². The molecule has 8 heteroatoms. The molecule has 0 unspecified atom stereocenters. The van der Waals surface area contributed by atoms with Gasteiger partial charge in [-0.3, -0.25) is 14.4 Å². The Kier molecular flexibility index (Phi) is 6.81. The van der Waals surface area contributed by atoms with Gasteiger partial charge in [-0.05, 0) is 36.2 Å². The first-order chi connectivity index (χ1) is 14.9. The summed E-state index contributed by atoms with van der Waals surface area (Å²) >= 11 is 0. The number of ether oxygens (including phenoxy) is 1. The number of methoxy groups -OCH3 is 1. The van der Waals surface area contributed by atoms with Crippen molar-refractivity contribution in [3.05, 3.63) is 70.5 Å². The molecule has 3 aromatic rings. The van der Waals surface area contributed by atoms with Crippen LogP contribution in [0, 0.1) is 0 Å². The summed E-state index contributed by atoms with van der Waals surface area (Å²) in [5.41, 5.74) is 3.15. The van der Waals surface area contributed by atoms with Crippen molar-refractivity contribution in [2.24, 2.45) is 0 Å². The lowest BCUT2D eigenvalue weighted by atomic mass is 10.1. The zero-order valence-electron chi connectivity index (χ0n) is 17.6. The molecular formula is C23H24N4O4. The standard InChI is InChI=1S/C23H24N4O4/c1-4-16-5-7-17(8-6-16)19-10-12-23(30)27(26-19)14-22(29)25-20-13-18(24-15(2)28)9-11-21(20)31-3/h5-13H,4,14H2,1-3H3,(H,24,28)(H,25,29). The Balaban J connectivity index is 1.80. The number of hydrogen-bond donors (Lipinski definition) is 2. The van der Waals surface area contributed by atoms with Gasteiger partial charge in [0.15, 0.2) is 0 Å². The van der Waals surface area contributed by atoms with E-state index >= 15 is 0 Å². The van der Waals surface area contributed by atoms with Gasteiger partial charge in [-0.1, -0.05) is 31.2 Å². The minimum Gasteiger partial charge on any atom is -0.495 e. The quantitative estimate of drug-likeness (QED) is 0.612. The lowest BCUT2D eigenvalue weighted by Crippen LogP contribution is -2.29. The zero-order valence-corrected chi connectivity index (χ0v) is 17.6. The van der Waals surface area contributed by atoms with Crippen LogP contribution < -0.4 is 20.9 Å². The molecule has 0 aliphatic carbocycles. The fraction of sp³-hybridized carbons (Fsp3) is 0.217. The van der Waals surface area contributed by atoms with Crippen molar-refractivity contribution in [3.63, 3.8) is 0 Å². The van der Waals surface area contributed by atoms with Crippen molar-refractivity contribution in [3.8, 4) is 17.0 Å². The van der Waals surface area contributed by atoms with Crippen LogP contribution in [0.15, 0.2) is 59.4 Å². The second-order valence-corrected chi connectivity index (χ2v) is 6.91. The second kappa shape index (κ2) is 9.71. The molecule has 31 heavy (non-hydrogen) atoms. The number of amides is 2. The lowest BCUT2D eigenvalue weighted by molar-refractivity contribution is -0.117. The van der Waals surface area contributed by atoms with Crippen molar-refractivity contribution >= 4 is 23.2 Å². The Hall–Kier alpha value is -3.94. The Labute approximate surface area is 179 Å². The van der Waals surface area contributed by atoms with Gasteiger partial charge in [-0.2, -0.15) is 5.10 Å². The summed E-state index contributed by atoms with van der Waals surface area (Å²) in [5.74, 6) is -0.263. The SMILES string of the molecule is CCc1ccc(-c2ccc(=O)n(CC(=O)Nc3cc(NC(C)=O)ccc3OC)n2)cc1. The Morgan fingerprint density at radius 2 is 1.77 bits per heavy atom. The molecule has 1 heterocycles. The summed E-state index contributed by atoms with van der Waals surface area (Å²) in [6, 6.07) is 15.8. The highest BCUT2D eigenvalue weighted by atomic mass is 16.5. The van der Waals surface area contributed by atoms with Gasteiger partial charge in [0.1, 0.15) is 12.3 Å². The van der Waals surface area contributed by atoms with Crippen molar-refractivity contribution in [1.82, 2.24) is 9.78 Å². The first-order valence-corrected chi connectivity index (χ1v) is 9.82. The van der Waals surface area contributed by atoms with Gasteiger partial charge in [0, 0.05) is 24.2 Å². The maximum atomic E-state index is 12.6. The van der Waals surface area contributed by atoms with E-state index in [1.54, 1.807) is 24.3 Å². The smallest absolute Gasteiger partial charge is 0.267 e. The molecule has 160 valence electrons. The first-order valence-electron chi connectivity index (χ1n) is 9.82. The fourth-order valence-electron chi connectivity index (χ4n) is 3.04. The van der Waals surface area contributed by atoms with E-state index in [2.05, 4.69) is 22.7 Å². The average molecular weight is 420 g/mol. The van der Waals surface area contributed by atoms with Crippen LogP contribution in [-0.4, -0.2) is 28.7 Å². The number of aromatic nitrogens is 2. The van der Waals surface area contributed by atoms with E-state index in [4.69, 9.17) is 4.74 Å². The number of carbonyl (C=O) groups is 2.